The van der Waals surface area contributed by atoms with E-state index < -0.39 is 0 Å². The Morgan fingerprint density at radius 1 is 1.44 bits per heavy atom. The van der Waals surface area contributed by atoms with E-state index in [4.69, 9.17) is 5.73 Å². The normalized spacial score (nSPS) is 12.6. The molecule has 0 bridgehead atoms. The number of benzene rings is 1. The summed E-state index contributed by atoms with van der Waals surface area (Å²) in [7, 11) is 0. The van der Waals surface area contributed by atoms with Gasteiger partial charge in [0, 0.05) is 15.9 Å². The zero-order chi connectivity index (χ0) is 13.1. The first-order valence-corrected chi connectivity index (χ1v) is 6.82. The number of rotatable bonds is 4. The smallest absolute Gasteiger partial charge is 0.0720 e. The first-order valence-electron chi connectivity index (χ1n) is 6.03. The molecular weight excluding hydrogens is 288 g/mol. The fourth-order valence-electron chi connectivity index (χ4n) is 1.90. The highest BCUT2D eigenvalue weighted by molar-refractivity contribution is 9.10. The van der Waals surface area contributed by atoms with Crippen molar-refractivity contribution in [1.82, 2.24) is 4.98 Å². The Labute approximate surface area is 116 Å². The van der Waals surface area contributed by atoms with Gasteiger partial charge >= 0.3 is 0 Å². The number of nitrogens with zero attached hydrogens (tertiary/aromatic N) is 1. The van der Waals surface area contributed by atoms with Crippen LogP contribution in [0.5, 0.6) is 0 Å². The zero-order valence-corrected chi connectivity index (χ0v) is 12.1. The van der Waals surface area contributed by atoms with Gasteiger partial charge < -0.3 is 5.73 Å². The second-order valence-corrected chi connectivity index (χ2v) is 5.50. The Kier molecular flexibility index (Phi) is 4.15. The van der Waals surface area contributed by atoms with Crippen LogP contribution in [-0.4, -0.2) is 4.98 Å². The Morgan fingerprint density at radius 2 is 2.17 bits per heavy atom. The lowest BCUT2D eigenvalue weighted by atomic mass is 10.0. The van der Waals surface area contributed by atoms with Gasteiger partial charge in [0.15, 0.2) is 0 Å². The maximum absolute atomic E-state index is 6.20. The predicted molar refractivity (Wildman–Crippen MR) is 80.4 cm³/mol. The van der Waals surface area contributed by atoms with Crippen molar-refractivity contribution in [2.45, 2.75) is 25.8 Å². The molecule has 0 aliphatic rings. The van der Waals surface area contributed by atoms with Crippen molar-refractivity contribution >= 4 is 26.8 Å². The van der Waals surface area contributed by atoms with Crippen molar-refractivity contribution in [3.63, 3.8) is 0 Å². The molecule has 2 rings (SSSR count). The lowest BCUT2D eigenvalue weighted by molar-refractivity contribution is 0.631. The Balaban J connectivity index is 2.32. The fraction of sp³-hybridized carbons (Fsp3) is 0.267. The highest BCUT2D eigenvalue weighted by atomic mass is 79.9. The second-order valence-electron chi connectivity index (χ2n) is 4.65. The van der Waals surface area contributed by atoms with Crippen LogP contribution in [0.25, 0.3) is 10.9 Å². The molecule has 0 fully saturated rings. The van der Waals surface area contributed by atoms with E-state index in [2.05, 4.69) is 39.6 Å². The molecule has 18 heavy (non-hydrogen) atoms. The summed E-state index contributed by atoms with van der Waals surface area (Å²) in [5, 5.41) is 1.13. The molecule has 0 saturated carbocycles. The number of halogens is 1. The molecule has 1 heterocycles. The number of aromatic nitrogens is 1. The van der Waals surface area contributed by atoms with Gasteiger partial charge in [-0.25, -0.2) is 4.98 Å². The van der Waals surface area contributed by atoms with E-state index in [1.807, 2.05) is 25.1 Å². The molecule has 0 amide bonds. The minimum Gasteiger partial charge on any atom is -0.323 e. The first kappa shape index (κ1) is 13.2. The number of nitrogens with two attached hydrogens (primary N) is 1. The van der Waals surface area contributed by atoms with E-state index in [-0.39, 0.29) is 6.04 Å². The van der Waals surface area contributed by atoms with Crippen LogP contribution < -0.4 is 5.73 Å². The van der Waals surface area contributed by atoms with Crippen LogP contribution in [0.15, 0.2) is 47.0 Å². The molecule has 1 aromatic heterocycles. The quantitative estimate of drug-likeness (QED) is 0.853. The number of fused-ring (bicyclic) bond motifs is 1. The largest absolute Gasteiger partial charge is 0.323 e. The van der Waals surface area contributed by atoms with Crippen LogP contribution in [0.3, 0.4) is 0 Å². The average molecular weight is 305 g/mol. The van der Waals surface area contributed by atoms with Gasteiger partial charge in [0.2, 0.25) is 0 Å². The molecule has 0 saturated heterocycles. The number of hydrogen-bond donors (Lipinski definition) is 1. The van der Waals surface area contributed by atoms with Gasteiger partial charge in [0.1, 0.15) is 0 Å². The van der Waals surface area contributed by atoms with E-state index in [9.17, 15) is 0 Å². The van der Waals surface area contributed by atoms with Gasteiger partial charge in [0.05, 0.1) is 11.2 Å². The van der Waals surface area contributed by atoms with Crippen molar-refractivity contribution in [1.29, 1.82) is 0 Å². The van der Waals surface area contributed by atoms with Crippen LogP contribution in [0, 0.1) is 0 Å². The van der Waals surface area contributed by atoms with Gasteiger partial charge in [-0.05, 0) is 47.8 Å². The second kappa shape index (κ2) is 5.63. The minimum atomic E-state index is -0.0549. The molecule has 0 aliphatic carbocycles. The highest BCUT2D eigenvalue weighted by Gasteiger charge is 2.12. The Morgan fingerprint density at radius 3 is 2.89 bits per heavy atom. The van der Waals surface area contributed by atoms with Crippen LogP contribution in [0.4, 0.5) is 0 Å². The summed E-state index contributed by atoms with van der Waals surface area (Å²) in [5.74, 6) is 0. The molecule has 2 N–H and O–H groups in total. The topological polar surface area (TPSA) is 38.9 Å². The summed E-state index contributed by atoms with van der Waals surface area (Å²) in [6.07, 6.45) is 1.81. The molecule has 1 unspecified atom stereocenters. The minimum absolute atomic E-state index is 0.0549. The van der Waals surface area contributed by atoms with Gasteiger partial charge in [0.25, 0.3) is 0 Å². The third-order valence-corrected chi connectivity index (χ3v) is 3.57. The molecule has 1 aromatic carbocycles. The number of allylic oxidation sites excluding steroid dienone is 1. The van der Waals surface area contributed by atoms with Crippen molar-refractivity contribution in [2.75, 3.05) is 0 Å². The Hall–Kier alpha value is -1.19. The van der Waals surface area contributed by atoms with Crippen molar-refractivity contribution in [3.8, 4) is 0 Å². The maximum atomic E-state index is 6.20. The number of hydrogen-bond acceptors (Lipinski definition) is 2. The van der Waals surface area contributed by atoms with E-state index in [0.717, 1.165) is 39.5 Å². The van der Waals surface area contributed by atoms with Crippen LogP contribution in [0.1, 0.15) is 31.5 Å². The number of pyridine rings is 1. The van der Waals surface area contributed by atoms with Crippen molar-refractivity contribution in [2.24, 2.45) is 5.73 Å². The number of para-hydroxylation sites is 1. The molecule has 0 radical (unpaired) electrons. The van der Waals surface area contributed by atoms with Crippen molar-refractivity contribution in [3.05, 3.63) is 52.7 Å². The lowest BCUT2D eigenvalue weighted by Gasteiger charge is -2.14. The third-order valence-electron chi connectivity index (χ3n) is 2.94. The molecule has 2 aromatic rings. The summed E-state index contributed by atoms with van der Waals surface area (Å²) >= 11 is 3.56. The van der Waals surface area contributed by atoms with E-state index in [1.54, 1.807) is 0 Å². The van der Waals surface area contributed by atoms with E-state index in [1.165, 1.54) is 0 Å². The molecule has 3 heteroatoms. The van der Waals surface area contributed by atoms with Gasteiger partial charge in [-0.15, -0.1) is 6.58 Å². The van der Waals surface area contributed by atoms with Crippen LogP contribution >= 0.6 is 15.9 Å². The fourth-order valence-corrected chi connectivity index (χ4v) is 2.53. The molecule has 94 valence electrons. The average Bonchev–Trinajstić information content (AvgIpc) is 2.35. The summed E-state index contributed by atoms with van der Waals surface area (Å²) in [4.78, 5) is 4.65. The summed E-state index contributed by atoms with van der Waals surface area (Å²) in [6, 6.07) is 10.1. The Bertz CT molecular complexity index is 578. The standard InChI is InChI=1S/C15H17BrN2/c1-10(2)7-8-13(17)15-12(16)9-11-5-3-4-6-14(11)18-15/h3-6,9,13H,1,7-8,17H2,2H3. The maximum Gasteiger partial charge on any atom is 0.0720 e. The molecule has 2 nitrogen and oxygen atoms in total. The monoisotopic (exact) mass is 304 g/mol. The van der Waals surface area contributed by atoms with E-state index in [0.29, 0.717) is 0 Å². The van der Waals surface area contributed by atoms with Gasteiger partial charge in [-0.3, -0.25) is 0 Å². The van der Waals surface area contributed by atoms with Crippen LogP contribution in [0.2, 0.25) is 0 Å². The summed E-state index contributed by atoms with van der Waals surface area (Å²) in [5.41, 5.74) is 9.27. The third kappa shape index (κ3) is 2.98. The van der Waals surface area contributed by atoms with Crippen molar-refractivity contribution < 1.29 is 0 Å². The van der Waals surface area contributed by atoms with E-state index >= 15 is 0 Å². The highest BCUT2D eigenvalue weighted by Crippen LogP contribution is 2.27. The van der Waals surface area contributed by atoms with Crippen LogP contribution in [-0.2, 0) is 0 Å². The molecule has 0 spiro atoms. The predicted octanol–water partition coefficient (Wildman–Crippen LogP) is 4.35. The zero-order valence-electron chi connectivity index (χ0n) is 10.5. The molecule has 1 atom stereocenters. The first-order chi connectivity index (χ1) is 8.58. The molecule has 0 aliphatic heterocycles. The SMILES string of the molecule is C=C(C)CCC(N)c1nc2ccccc2cc1Br. The molecular formula is C15H17BrN2. The van der Waals surface area contributed by atoms with Gasteiger partial charge in [-0.1, -0.05) is 23.8 Å². The lowest BCUT2D eigenvalue weighted by Crippen LogP contribution is -2.13. The summed E-state index contributed by atoms with van der Waals surface area (Å²) in [6.45, 7) is 5.93. The van der Waals surface area contributed by atoms with Gasteiger partial charge in [-0.2, -0.15) is 0 Å². The summed E-state index contributed by atoms with van der Waals surface area (Å²) < 4.78 is 0.982.